The summed E-state index contributed by atoms with van der Waals surface area (Å²) in [5.74, 6) is 0.639. The Morgan fingerprint density at radius 2 is 2.00 bits per heavy atom. The van der Waals surface area contributed by atoms with Gasteiger partial charge in [0.15, 0.2) is 0 Å². The fourth-order valence-electron chi connectivity index (χ4n) is 2.13. The summed E-state index contributed by atoms with van der Waals surface area (Å²) in [6.07, 6.45) is 1.54. The molecule has 4 nitrogen and oxygen atoms in total. The third-order valence-electron chi connectivity index (χ3n) is 3.23. The van der Waals surface area contributed by atoms with Crippen LogP contribution in [-0.2, 0) is 0 Å². The lowest BCUT2D eigenvalue weighted by Crippen LogP contribution is -2.11. The van der Waals surface area contributed by atoms with E-state index in [-0.39, 0.29) is 11.7 Å². The van der Waals surface area contributed by atoms with Gasteiger partial charge in [-0.2, -0.15) is 0 Å². The molecule has 0 radical (unpaired) electrons. The van der Waals surface area contributed by atoms with Crippen molar-refractivity contribution in [2.24, 2.45) is 0 Å². The molecular formula is C16H13ClN2O2. The standard InChI is InChI=1S/C16H13ClN2O2/c1-11(14-4-2-3-9-18-14)21-13-7-5-12-6-8-16(20)19(17)15(12)10-13/h2-11H,1H3/t11-/m1/s1. The zero-order valence-electron chi connectivity index (χ0n) is 11.4. The number of fused-ring (bicyclic) bond motifs is 1. The van der Waals surface area contributed by atoms with Gasteiger partial charge < -0.3 is 4.74 Å². The van der Waals surface area contributed by atoms with Gasteiger partial charge in [-0.25, -0.2) is 4.09 Å². The van der Waals surface area contributed by atoms with Crippen LogP contribution in [-0.4, -0.2) is 9.07 Å². The minimum Gasteiger partial charge on any atom is -0.484 e. The third-order valence-corrected chi connectivity index (χ3v) is 3.58. The molecule has 3 aromatic rings. The van der Waals surface area contributed by atoms with Crippen LogP contribution in [0, 0.1) is 0 Å². The average molecular weight is 301 g/mol. The van der Waals surface area contributed by atoms with Gasteiger partial charge in [0.1, 0.15) is 11.9 Å². The van der Waals surface area contributed by atoms with E-state index in [1.807, 2.05) is 37.3 Å². The van der Waals surface area contributed by atoms with E-state index in [1.54, 1.807) is 18.3 Å². The second kappa shape index (κ2) is 5.58. The maximum atomic E-state index is 11.6. The molecule has 0 spiro atoms. The Morgan fingerprint density at radius 1 is 1.19 bits per heavy atom. The summed E-state index contributed by atoms with van der Waals surface area (Å²) in [5.41, 5.74) is 1.20. The van der Waals surface area contributed by atoms with E-state index in [0.717, 1.165) is 15.2 Å². The Kier molecular flexibility index (Phi) is 3.62. The topological polar surface area (TPSA) is 44.1 Å². The molecule has 1 atom stereocenters. The molecule has 0 saturated carbocycles. The highest BCUT2D eigenvalue weighted by Crippen LogP contribution is 2.24. The van der Waals surface area contributed by atoms with E-state index in [9.17, 15) is 4.79 Å². The zero-order chi connectivity index (χ0) is 14.8. The van der Waals surface area contributed by atoms with E-state index < -0.39 is 0 Å². The van der Waals surface area contributed by atoms with Gasteiger partial charge in [0.25, 0.3) is 5.56 Å². The van der Waals surface area contributed by atoms with Gasteiger partial charge >= 0.3 is 0 Å². The summed E-state index contributed by atoms with van der Waals surface area (Å²) in [4.78, 5) is 15.8. The molecule has 21 heavy (non-hydrogen) atoms. The molecule has 5 heteroatoms. The molecule has 3 rings (SSSR count). The number of hydrogen-bond donors (Lipinski definition) is 0. The smallest absolute Gasteiger partial charge is 0.265 e. The van der Waals surface area contributed by atoms with Gasteiger partial charge in [-0.05, 0) is 37.3 Å². The van der Waals surface area contributed by atoms with Crippen molar-refractivity contribution in [2.45, 2.75) is 13.0 Å². The van der Waals surface area contributed by atoms with Crippen LogP contribution in [0.1, 0.15) is 18.7 Å². The van der Waals surface area contributed by atoms with Gasteiger partial charge in [-0.15, -0.1) is 0 Å². The SMILES string of the molecule is C[C@@H](Oc1ccc2ccc(=O)n(Cl)c2c1)c1ccccn1. The lowest BCUT2D eigenvalue weighted by Gasteiger charge is -2.14. The van der Waals surface area contributed by atoms with Crippen molar-refractivity contribution < 1.29 is 4.74 Å². The first-order chi connectivity index (χ1) is 10.1. The highest BCUT2D eigenvalue weighted by molar-refractivity contribution is 6.18. The summed E-state index contributed by atoms with van der Waals surface area (Å²) in [7, 11) is 0. The van der Waals surface area contributed by atoms with Crippen molar-refractivity contribution in [2.75, 3.05) is 0 Å². The first kappa shape index (κ1) is 13.6. The fraction of sp³-hybridized carbons (Fsp3) is 0.125. The maximum Gasteiger partial charge on any atom is 0.265 e. The molecular weight excluding hydrogens is 288 g/mol. The Hall–Kier alpha value is -2.33. The summed E-state index contributed by atoms with van der Waals surface area (Å²) < 4.78 is 6.96. The second-order valence-corrected chi connectivity index (χ2v) is 5.03. The summed E-state index contributed by atoms with van der Waals surface area (Å²) in [6, 6.07) is 14.3. The van der Waals surface area contributed by atoms with E-state index in [2.05, 4.69) is 4.98 Å². The van der Waals surface area contributed by atoms with Crippen molar-refractivity contribution in [3.63, 3.8) is 0 Å². The summed E-state index contributed by atoms with van der Waals surface area (Å²) in [5, 5.41) is 0.877. The van der Waals surface area contributed by atoms with Crippen molar-refractivity contribution in [3.8, 4) is 5.75 Å². The monoisotopic (exact) mass is 300 g/mol. The minimum absolute atomic E-state index is 0.192. The van der Waals surface area contributed by atoms with Crippen molar-refractivity contribution in [1.29, 1.82) is 0 Å². The van der Waals surface area contributed by atoms with Gasteiger partial charge in [0, 0.05) is 35.5 Å². The summed E-state index contributed by atoms with van der Waals surface area (Å²) >= 11 is 5.99. The van der Waals surface area contributed by atoms with E-state index in [4.69, 9.17) is 16.5 Å². The predicted molar refractivity (Wildman–Crippen MR) is 82.7 cm³/mol. The Bertz CT molecular complexity index is 831. The van der Waals surface area contributed by atoms with Crippen LogP contribution in [0.4, 0.5) is 0 Å². The summed E-state index contributed by atoms with van der Waals surface area (Å²) in [6.45, 7) is 1.92. The molecule has 0 saturated heterocycles. The van der Waals surface area contributed by atoms with Crippen molar-refractivity contribution >= 4 is 22.7 Å². The largest absolute Gasteiger partial charge is 0.484 e. The number of halogens is 1. The minimum atomic E-state index is -0.265. The van der Waals surface area contributed by atoms with Crippen LogP contribution in [0.15, 0.2) is 59.5 Å². The van der Waals surface area contributed by atoms with Crippen LogP contribution in [0.25, 0.3) is 10.9 Å². The fourth-order valence-corrected chi connectivity index (χ4v) is 2.34. The van der Waals surface area contributed by atoms with Crippen LogP contribution in [0.3, 0.4) is 0 Å². The van der Waals surface area contributed by atoms with Gasteiger partial charge in [-0.3, -0.25) is 9.78 Å². The lowest BCUT2D eigenvalue weighted by molar-refractivity contribution is 0.222. The molecule has 0 aliphatic carbocycles. The highest BCUT2D eigenvalue weighted by atomic mass is 35.5. The first-order valence-electron chi connectivity index (χ1n) is 6.55. The van der Waals surface area contributed by atoms with Gasteiger partial charge in [0.2, 0.25) is 0 Å². The molecule has 0 amide bonds. The molecule has 0 fully saturated rings. The molecule has 0 aliphatic heterocycles. The molecule has 2 aromatic heterocycles. The third kappa shape index (κ3) is 2.76. The number of pyridine rings is 2. The number of rotatable bonds is 3. The normalized spacial score (nSPS) is 12.3. The molecule has 2 heterocycles. The number of nitrogens with zero attached hydrogens (tertiary/aromatic N) is 2. The van der Waals surface area contributed by atoms with Crippen LogP contribution < -0.4 is 10.3 Å². The lowest BCUT2D eigenvalue weighted by atomic mass is 10.2. The van der Waals surface area contributed by atoms with Crippen LogP contribution in [0.5, 0.6) is 5.75 Å². The molecule has 0 bridgehead atoms. The van der Waals surface area contributed by atoms with E-state index in [1.165, 1.54) is 6.07 Å². The average Bonchev–Trinajstić information content (AvgIpc) is 2.52. The van der Waals surface area contributed by atoms with E-state index in [0.29, 0.717) is 11.3 Å². The zero-order valence-corrected chi connectivity index (χ0v) is 12.1. The highest BCUT2D eigenvalue weighted by Gasteiger charge is 2.09. The van der Waals surface area contributed by atoms with Crippen LogP contribution >= 0.6 is 11.8 Å². The van der Waals surface area contributed by atoms with Crippen molar-refractivity contribution in [3.05, 3.63) is 70.8 Å². The maximum absolute atomic E-state index is 11.6. The first-order valence-corrected chi connectivity index (χ1v) is 6.88. The Morgan fingerprint density at radius 3 is 2.76 bits per heavy atom. The Labute approximate surface area is 126 Å². The second-order valence-electron chi connectivity index (χ2n) is 4.69. The van der Waals surface area contributed by atoms with E-state index >= 15 is 0 Å². The number of ether oxygens (including phenoxy) is 1. The molecule has 0 N–H and O–H groups in total. The van der Waals surface area contributed by atoms with Crippen molar-refractivity contribution in [1.82, 2.24) is 9.07 Å². The Balaban J connectivity index is 1.95. The van der Waals surface area contributed by atoms with Crippen LogP contribution in [0.2, 0.25) is 0 Å². The molecule has 1 aromatic carbocycles. The number of benzene rings is 1. The number of hydrogen-bond acceptors (Lipinski definition) is 3. The quantitative estimate of drug-likeness (QED) is 0.743. The van der Waals surface area contributed by atoms with Gasteiger partial charge in [-0.1, -0.05) is 6.07 Å². The molecule has 0 aliphatic rings. The number of aromatic nitrogens is 2. The molecule has 106 valence electrons. The molecule has 0 unspecified atom stereocenters. The predicted octanol–water partition coefficient (Wildman–Crippen LogP) is 3.54. The van der Waals surface area contributed by atoms with Gasteiger partial charge in [0.05, 0.1) is 11.2 Å².